The first-order valence-corrected chi connectivity index (χ1v) is 7.34. The molecule has 112 valence electrons. The minimum absolute atomic E-state index is 0. The molecule has 2 rings (SSSR count). The molecule has 2 aromatic carbocycles. The van der Waals surface area contributed by atoms with E-state index in [1.807, 2.05) is 13.1 Å². The summed E-state index contributed by atoms with van der Waals surface area (Å²) in [5.41, 5.74) is 1.26. The van der Waals surface area contributed by atoms with Gasteiger partial charge in [-0.25, -0.2) is 0 Å². The van der Waals surface area contributed by atoms with Gasteiger partial charge in [0.25, 0.3) is 0 Å². The Morgan fingerprint density at radius 2 is 1.71 bits per heavy atom. The number of aliphatic imine (C=N–C) groups is 1. The molecule has 0 radical (unpaired) electrons. The minimum Gasteiger partial charge on any atom is -0.359 e. The highest BCUT2D eigenvalue weighted by atomic mass is 127. The third-order valence-electron chi connectivity index (χ3n) is 2.85. The van der Waals surface area contributed by atoms with Crippen molar-refractivity contribution in [1.29, 1.82) is 0 Å². The molecule has 0 unspecified atom stereocenters. The quantitative estimate of drug-likeness (QED) is 0.456. The molecule has 0 spiro atoms. The Kier molecular flexibility index (Phi) is 8.22. The molecule has 5 heteroatoms. The van der Waals surface area contributed by atoms with Crippen LogP contribution in [0.5, 0.6) is 0 Å². The van der Waals surface area contributed by atoms with Gasteiger partial charge in [0, 0.05) is 30.4 Å². The van der Waals surface area contributed by atoms with Crippen molar-refractivity contribution in [1.82, 2.24) is 10.6 Å². The molecule has 0 fully saturated rings. The summed E-state index contributed by atoms with van der Waals surface area (Å²) >= 11 is 1.78. The molecule has 0 aliphatic rings. The van der Waals surface area contributed by atoms with Gasteiger partial charge in [0.15, 0.2) is 5.96 Å². The maximum Gasteiger partial charge on any atom is 0.190 e. The van der Waals surface area contributed by atoms with E-state index < -0.39 is 0 Å². The van der Waals surface area contributed by atoms with E-state index >= 15 is 0 Å². The summed E-state index contributed by atoms with van der Waals surface area (Å²) in [6, 6.07) is 18.8. The Morgan fingerprint density at radius 3 is 2.38 bits per heavy atom. The second-order valence-corrected chi connectivity index (χ2v) is 5.31. The number of hydrogen-bond acceptors (Lipinski definition) is 2. The number of guanidine groups is 1. The lowest BCUT2D eigenvalue weighted by Crippen LogP contribution is -2.34. The third kappa shape index (κ3) is 5.59. The van der Waals surface area contributed by atoms with Gasteiger partial charge in [-0.3, -0.25) is 4.99 Å². The van der Waals surface area contributed by atoms with Gasteiger partial charge in [0.2, 0.25) is 0 Å². The number of halogens is 1. The van der Waals surface area contributed by atoms with Crippen molar-refractivity contribution in [3.8, 4) is 0 Å². The van der Waals surface area contributed by atoms with Gasteiger partial charge in [-0.2, -0.15) is 0 Å². The smallest absolute Gasteiger partial charge is 0.190 e. The molecular weight excluding hydrogens is 393 g/mol. The largest absolute Gasteiger partial charge is 0.359 e. The zero-order chi connectivity index (χ0) is 14.2. The first-order valence-electron chi connectivity index (χ1n) is 6.52. The molecule has 0 bridgehead atoms. The predicted molar refractivity (Wildman–Crippen MR) is 102 cm³/mol. The molecule has 3 nitrogen and oxygen atoms in total. The van der Waals surface area contributed by atoms with E-state index in [0.29, 0.717) is 0 Å². The van der Waals surface area contributed by atoms with Crippen LogP contribution in [0.4, 0.5) is 0 Å². The Hall–Kier alpha value is -1.21. The van der Waals surface area contributed by atoms with Crippen molar-refractivity contribution in [2.24, 2.45) is 4.99 Å². The lowest BCUT2D eigenvalue weighted by molar-refractivity contribution is 0.850. The van der Waals surface area contributed by atoms with Crippen LogP contribution in [0, 0.1) is 0 Å². The molecule has 21 heavy (non-hydrogen) atoms. The topological polar surface area (TPSA) is 36.4 Å². The summed E-state index contributed by atoms with van der Waals surface area (Å²) in [6.07, 6.45) is 0. The highest BCUT2D eigenvalue weighted by molar-refractivity contribution is 14.0. The monoisotopic (exact) mass is 413 g/mol. The molecule has 0 saturated heterocycles. The highest BCUT2D eigenvalue weighted by Gasteiger charge is 2.04. The van der Waals surface area contributed by atoms with E-state index in [-0.39, 0.29) is 24.0 Å². The van der Waals surface area contributed by atoms with Crippen molar-refractivity contribution < 1.29 is 0 Å². The van der Waals surface area contributed by atoms with E-state index in [4.69, 9.17) is 0 Å². The van der Waals surface area contributed by atoms with Crippen molar-refractivity contribution in [2.75, 3.05) is 14.1 Å². The summed E-state index contributed by atoms with van der Waals surface area (Å²) in [6.45, 7) is 0.753. The average Bonchev–Trinajstić information content (AvgIpc) is 2.51. The van der Waals surface area contributed by atoms with Crippen LogP contribution in [0.3, 0.4) is 0 Å². The first kappa shape index (κ1) is 17.8. The van der Waals surface area contributed by atoms with Crippen LogP contribution in [0.15, 0.2) is 69.4 Å². The molecule has 0 aliphatic heterocycles. The lowest BCUT2D eigenvalue weighted by atomic mass is 10.2. The SMILES string of the molecule is CN=C(NC)NCc1ccccc1Sc1ccccc1.I. The van der Waals surface area contributed by atoms with Crippen molar-refractivity contribution in [3.05, 3.63) is 60.2 Å². The van der Waals surface area contributed by atoms with Crippen molar-refractivity contribution >= 4 is 41.7 Å². The Morgan fingerprint density at radius 1 is 1.05 bits per heavy atom. The number of rotatable bonds is 4. The van der Waals surface area contributed by atoms with Crippen LogP contribution in [0.2, 0.25) is 0 Å². The first-order chi connectivity index (χ1) is 9.83. The highest BCUT2D eigenvalue weighted by Crippen LogP contribution is 2.30. The molecule has 0 saturated carbocycles. The van der Waals surface area contributed by atoms with Gasteiger partial charge in [0.05, 0.1) is 0 Å². The predicted octanol–water partition coefficient (Wildman–Crippen LogP) is 3.75. The van der Waals surface area contributed by atoms with Crippen LogP contribution in [0.25, 0.3) is 0 Å². The number of nitrogens with zero attached hydrogens (tertiary/aromatic N) is 1. The standard InChI is InChI=1S/C16H19N3S.HI/c1-17-16(18-2)19-12-13-8-6-7-11-15(13)20-14-9-4-3-5-10-14;/h3-11H,12H2,1-2H3,(H2,17,18,19);1H. The van der Waals surface area contributed by atoms with Gasteiger partial charge in [-0.05, 0) is 23.8 Å². The zero-order valence-electron chi connectivity index (χ0n) is 12.2. The van der Waals surface area contributed by atoms with Gasteiger partial charge in [-0.15, -0.1) is 24.0 Å². The fourth-order valence-corrected chi connectivity index (χ4v) is 2.79. The van der Waals surface area contributed by atoms with Crippen LogP contribution in [-0.2, 0) is 6.54 Å². The number of benzene rings is 2. The van der Waals surface area contributed by atoms with E-state index in [1.165, 1.54) is 15.4 Å². The lowest BCUT2D eigenvalue weighted by Gasteiger charge is -2.12. The summed E-state index contributed by atoms with van der Waals surface area (Å²) in [5.74, 6) is 0.796. The van der Waals surface area contributed by atoms with Gasteiger partial charge < -0.3 is 10.6 Å². The molecule has 0 atom stereocenters. The number of nitrogens with one attached hydrogen (secondary N) is 2. The fraction of sp³-hybridized carbons (Fsp3) is 0.188. The van der Waals surface area contributed by atoms with Crippen LogP contribution < -0.4 is 10.6 Å². The molecular formula is C16H20IN3S. The van der Waals surface area contributed by atoms with E-state index in [2.05, 4.69) is 64.2 Å². The van der Waals surface area contributed by atoms with Crippen LogP contribution >= 0.6 is 35.7 Å². The number of hydrogen-bond donors (Lipinski definition) is 2. The molecule has 0 amide bonds. The summed E-state index contributed by atoms with van der Waals surface area (Å²) in [5, 5.41) is 6.31. The maximum atomic E-state index is 4.12. The molecule has 0 aromatic heterocycles. The van der Waals surface area contributed by atoms with E-state index in [1.54, 1.807) is 18.8 Å². The molecule has 0 aliphatic carbocycles. The zero-order valence-corrected chi connectivity index (χ0v) is 15.3. The van der Waals surface area contributed by atoms with E-state index in [0.717, 1.165) is 12.5 Å². The molecule has 0 heterocycles. The molecule has 2 aromatic rings. The van der Waals surface area contributed by atoms with Crippen molar-refractivity contribution in [2.45, 2.75) is 16.3 Å². The van der Waals surface area contributed by atoms with Crippen molar-refractivity contribution in [3.63, 3.8) is 0 Å². The second kappa shape index (κ2) is 9.68. The van der Waals surface area contributed by atoms with Gasteiger partial charge >= 0.3 is 0 Å². The van der Waals surface area contributed by atoms with Gasteiger partial charge in [0.1, 0.15) is 0 Å². The Labute approximate surface area is 147 Å². The molecule has 2 N–H and O–H groups in total. The summed E-state index contributed by atoms with van der Waals surface area (Å²) in [4.78, 5) is 6.63. The van der Waals surface area contributed by atoms with E-state index in [9.17, 15) is 0 Å². The van der Waals surface area contributed by atoms with Crippen LogP contribution in [-0.4, -0.2) is 20.1 Å². The third-order valence-corrected chi connectivity index (χ3v) is 3.98. The second-order valence-electron chi connectivity index (χ2n) is 4.20. The Bertz CT molecular complexity index is 573. The maximum absolute atomic E-state index is 4.12. The minimum atomic E-state index is 0. The van der Waals surface area contributed by atoms with Gasteiger partial charge in [-0.1, -0.05) is 48.2 Å². The fourth-order valence-electron chi connectivity index (χ4n) is 1.82. The normalized spacial score (nSPS) is 10.7. The average molecular weight is 413 g/mol. The Balaban J connectivity index is 0.00000220. The van der Waals surface area contributed by atoms with Crippen LogP contribution in [0.1, 0.15) is 5.56 Å². The summed E-state index contributed by atoms with van der Waals surface area (Å²) in [7, 11) is 3.63. The summed E-state index contributed by atoms with van der Waals surface area (Å²) < 4.78 is 0.